The van der Waals surface area contributed by atoms with Gasteiger partial charge in [-0.3, -0.25) is 9.59 Å². The van der Waals surface area contributed by atoms with E-state index in [-0.39, 0.29) is 23.6 Å². The second-order valence-corrected chi connectivity index (χ2v) is 5.05. The first-order valence-corrected chi connectivity index (χ1v) is 6.71. The number of esters is 1. The van der Waals surface area contributed by atoms with Gasteiger partial charge in [-0.2, -0.15) is 0 Å². The molecular weight excluding hydrogens is 317 g/mol. The molecule has 2 aromatic rings. The molecule has 0 N–H and O–H groups in total. The second kappa shape index (κ2) is 6.28. The lowest BCUT2D eigenvalue weighted by Crippen LogP contribution is -2.04. The quantitative estimate of drug-likeness (QED) is 0.635. The van der Waals surface area contributed by atoms with Crippen molar-refractivity contribution in [3.8, 4) is 11.3 Å². The van der Waals surface area contributed by atoms with Gasteiger partial charge in [-0.15, -0.1) is 0 Å². The standard InChI is InChI=1S/C14H11Cl2NO4/c1-7-12(14(16)19)13(17-21-7)9-4-3-8(5-10(9)15)6-11(18)20-2/h3-5H,6H2,1-2H3. The van der Waals surface area contributed by atoms with Gasteiger partial charge in [0.05, 0.1) is 18.6 Å². The number of carbonyl (C=O) groups is 2. The number of methoxy groups -OCH3 is 1. The topological polar surface area (TPSA) is 69.4 Å². The minimum absolute atomic E-state index is 0.107. The zero-order chi connectivity index (χ0) is 15.6. The smallest absolute Gasteiger partial charge is 0.309 e. The van der Waals surface area contributed by atoms with Gasteiger partial charge in [0.2, 0.25) is 0 Å². The van der Waals surface area contributed by atoms with Gasteiger partial charge in [0.1, 0.15) is 17.0 Å². The first kappa shape index (κ1) is 15.5. The first-order chi connectivity index (χ1) is 9.93. The molecule has 0 fully saturated rings. The highest BCUT2D eigenvalue weighted by atomic mass is 35.5. The van der Waals surface area contributed by atoms with Crippen molar-refractivity contribution >= 4 is 34.4 Å². The molecule has 0 saturated heterocycles. The summed E-state index contributed by atoms with van der Waals surface area (Å²) in [6.45, 7) is 1.59. The van der Waals surface area contributed by atoms with Gasteiger partial charge in [-0.05, 0) is 30.2 Å². The molecule has 0 bridgehead atoms. The average molecular weight is 328 g/mol. The Labute approximate surface area is 130 Å². The molecule has 0 aliphatic heterocycles. The maximum absolute atomic E-state index is 11.4. The zero-order valence-electron chi connectivity index (χ0n) is 11.3. The molecule has 5 nitrogen and oxygen atoms in total. The van der Waals surface area contributed by atoms with E-state index >= 15 is 0 Å². The Kier molecular flexibility index (Phi) is 4.65. The van der Waals surface area contributed by atoms with Crippen LogP contribution in [0.15, 0.2) is 22.7 Å². The number of aromatic nitrogens is 1. The van der Waals surface area contributed by atoms with E-state index in [0.717, 1.165) is 0 Å². The van der Waals surface area contributed by atoms with Crippen molar-refractivity contribution in [2.75, 3.05) is 7.11 Å². The number of nitrogens with zero attached hydrogens (tertiary/aromatic N) is 1. The van der Waals surface area contributed by atoms with Crippen molar-refractivity contribution in [3.63, 3.8) is 0 Å². The van der Waals surface area contributed by atoms with Crippen LogP contribution in [0.5, 0.6) is 0 Å². The Morgan fingerprint density at radius 3 is 2.67 bits per heavy atom. The van der Waals surface area contributed by atoms with Crippen LogP contribution in [0.25, 0.3) is 11.3 Å². The number of aryl methyl sites for hydroxylation is 1. The molecule has 0 unspecified atom stereocenters. The van der Waals surface area contributed by atoms with E-state index in [1.807, 2.05) is 0 Å². The Morgan fingerprint density at radius 1 is 1.38 bits per heavy atom. The largest absolute Gasteiger partial charge is 0.469 e. The summed E-state index contributed by atoms with van der Waals surface area (Å²) in [5.74, 6) is -0.0487. The van der Waals surface area contributed by atoms with Crippen molar-refractivity contribution in [2.45, 2.75) is 13.3 Å². The fourth-order valence-corrected chi connectivity index (χ4v) is 2.40. The Hall–Kier alpha value is -1.85. The fourth-order valence-electron chi connectivity index (χ4n) is 1.89. The summed E-state index contributed by atoms with van der Waals surface area (Å²) in [5.41, 5.74) is 1.65. The summed E-state index contributed by atoms with van der Waals surface area (Å²) in [6, 6.07) is 4.96. The van der Waals surface area contributed by atoms with Crippen LogP contribution in [0.1, 0.15) is 21.7 Å². The first-order valence-electron chi connectivity index (χ1n) is 5.95. The number of hydrogen-bond acceptors (Lipinski definition) is 5. The minimum Gasteiger partial charge on any atom is -0.469 e. The van der Waals surface area contributed by atoms with Crippen molar-refractivity contribution in [2.24, 2.45) is 0 Å². The molecule has 21 heavy (non-hydrogen) atoms. The highest BCUT2D eigenvalue weighted by molar-refractivity contribution is 6.68. The van der Waals surface area contributed by atoms with E-state index in [2.05, 4.69) is 9.89 Å². The Balaban J connectivity index is 2.42. The molecule has 0 radical (unpaired) electrons. The van der Waals surface area contributed by atoms with E-state index in [1.165, 1.54) is 7.11 Å². The summed E-state index contributed by atoms with van der Waals surface area (Å²) < 4.78 is 9.58. The van der Waals surface area contributed by atoms with E-state index in [1.54, 1.807) is 25.1 Å². The van der Waals surface area contributed by atoms with Crippen LogP contribution in [0, 0.1) is 6.92 Å². The third kappa shape index (κ3) is 3.25. The lowest BCUT2D eigenvalue weighted by atomic mass is 10.0. The van der Waals surface area contributed by atoms with E-state index in [4.69, 9.17) is 27.7 Å². The number of carbonyl (C=O) groups excluding carboxylic acids is 2. The zero-order valence-corrected chi connectivity index (χ0v) is 12.8. The van der Waals surface area contributed by atoms with E-state index in [9.17, 15) is 9.59 Å². The normalized spacial score (nSPS) is 10.5. The molecule has 2 rings (SSSR count). The molecule has 0 atom stereocenters. The number of halogens is 2. The number of ether oxygens (including phenoxy) is 1. The van der Waals surface area contributed by atoms with Crippen LogP contribution in [0.2, 0.25) is 5.02 Å². The van der Waals surface area contributed by atoms with Crippen LogP contribution < -0.4 is 0 Å². The molecule has 110 valence electrons. The number of hydrogen-bond donors (Lipinski definition) is 0. The third-order valence-corrected chi connectivity index (χ3v) is 3.43. The van der Waals surface area contributed by atoms with Crippen molar-refractivity contribution in [1.82, 2.24) is 5.16 Å². The van der Waals surface area contributed by atoms with Gasteiger partial charge >= 0.3 is 5.97 Å². The molecule has 1 aromatic heterocycles. The van der Waals surface area contributed by atoms with E-state index < -0.39 is 5.24 Å². The van der Waals surface area contributed by atoms with Gasteiger partial charge in [-0.25, -0.2) is 0 Å². The molecule has 0 amide bonds. The lowest BCUT2D eigenvalue weighted by molar-refractivity contribution is -0.139. The minimum atomic E-state index is -0.668. The number of rotatable bonds is 4. The highest BCUT2D eigenvalue weighted by Crippen LogP contribution is 2.32. The highest BCUT2D eigenvalue weighted by Gasteiger charge is 2.22. The maximum Gasteiger partial charge on any atom is 0.309 e. The molecule has 1 aromatic carbocycles. The molecule has 0 saturated carbocycles. The van der Waals surface area contributed by atoms with Gasteiger partial charge in [0, 0.05) is 5.56 Å². The Bertz CT molecular complexity index is 709. The fraction of sp³-hybridized carbons (Fsp3) is 0.214. The monoisotopic (exact) mass is 327 g/mol. The van der Waals surface area contributed by atoms with Crippen LogP contribution >= 0.6 is 23.2 Å². The van der Waals surface area contributed by atoms with Crippen LogP contribution in [-0.4, -0.2) is 23.5 Å². The van der Waals surface area contributed by atoms with Crippen molar-refractivity contribution in [1.29, 1.82) is 0 Å². The number of benzene rings is 1. The van der Waals surface area contributed by atoms with Gasteiger partial charge in [-0.1, -0.05) is 28.9 Å². The molecule has 0 spiro atoms. The van der Waals surface area contributed by atoms with E-state index in [0.29, 0.717) is 21.9 Å². The molecule has 0 aliphatic carbocycles. The molecule has 0 aliphatic rings. The average Bonchev–Trinajstić information content (AvgIpc) is 2.80. The van der Waals surface area contributed by atoms with Crippen LogP contribution in [0.4, 0.5) is 0 Å². The predicted molar refractivity (Wildman–Crippen MR) is 77.6 cm³/mol. The molecular formula is C14H11Cl2NO4. The van der Waals surface area contributed by atoms with Crippen molar-refractivity contribution < 1.29 is 18.8 Å². The van der Waals surface area contributed by atoms with Gasteiger partial charge in [0.15, 0.2) is 0 Å². The van der Waals surface area contributed by atoms with Gasteiger partial charge in [0.25, 0.3) is 5.24 Å². The summed E-state index contributed by atoms with van der Waals surface area (Å²) in [4.78, 5) is 22.7. The third-order valence-electron chi connectivity index (χ3n) is 2.92. The van der Waals surface area contributed by atoms with Crippen LogP contribution in [-0.2, 0) is 16.0 Å². The SMILES string of the molecule is COC(=O)Cc1ccc(-c2noc(C)c2C(=O)Cl)c(Cl)c1. The summed E-state index contributed by atoms with van der Waals surface area (Å²) in [6.07, 6.45) is 0.107. The van der Waals surface area contributed by atoms with Gasteiger partial charge < -0.3 is 9.26 Å². The second-order valence-electron chi connectivity index (χ2n) is 4.30. The summed E-state index contributed by atoms with van der Waals surface area (Å²) in [7, 11) is 1.31. The maximum atomic E-state index is 11.4. The molecule has 7 heteroatoms. The lowest BCUT2D eigenvalue weighted by Gasteiger charge is -2.05. The van der Waals surface area contributed by atoms with Crippen molar-refractivity contribution in [3.05, 3.63) is 40.1 Å². The predicted octanol–water partition coefficient (Wildman–Crippen LogP) is 3.40. The summed E-state index contributed by atoms with van der Waals surface area (Å²) in [5, 5.41) is 3.49. The molecule has 1 heterocycles. The Morgan fingerprint density at radius 2 is 2.10 bits per heavy atom. The van der Waals surface area contributed by atoms with Crippen LogP contribution in [0.3, 0.4) is 0 Å². The summed E-state index contributed by atoms with van der Waals surface area (Å²) >= 11 is 11.7.